The molecule has 1 aliphatic carbocycles. The summed E-state index contributed by atoms with van der Waals surface area (Å²) in [6.07, 6.45) is 7.48. The van der Waals surface area contributed by atoms with Crippen molar-refractivity contribution in [2.45, 2.75) is 63.6 Å². The van der Waals surface area contributed by atoms with E-state index in [2.05, 4.69) is 25.9 Å². The van der Waals surface area contributed by atoms with Gasteiger partial charge in [-0.2, -0.15) is 0 Å². The van der Waals surface area contributed by atoms with Gasteiger partial charge in [-0.25, -0.2) is 0 Å². The van der Waals surface area contributed by atoms with Crippen LogP contribution in [0.2, 0.25) is 0 Å². The largest absolute Gasteiger partial charge is 0.361 e. The van der Waals surface area contributed by atoms with Crippen molar-refractivity contribution < 1.29 is 24.0 Å². The average Bonchev–Trinajstić information content (AvgIpc) is 3.54. The smallest absolute Gasteiger partial charge is 0.255 e. The molecule has 4 aromatic rings. The molecule has 3 atom stereocenters. The van der Waals surface area contributed by atoms with Crippen LogP contribution in [0.4, 0.5) is 0 Å². The summed E-state index contributed by atoms with van der Waals surface area (Å²) in [5.41, 5.74) is 4.91. The number of pyridine rings is 1. The third kappa shape index (κ3) is 7.85. The normalized spacial score (nSPS) is 21.0. The number of rotatable bonds is 5. The number of nitrogens with zero attached hydrogens (tertiary/aromatic N) is 3. The van der Waals surface area contributed by atoms with Crippen molar-refractivity contribution >= 4 is 40.4 Å². The van der Waals surface area contributed by atoms with Crippen LogP contribution in [-0.4, -0.2) is 94.1 Å². The summed E-state index contributed by atoms with van der Waals surface area (Å²) in [4.78, 5) is 79.4. The first kappa shape index (κ1) is 34.3. The van der Waals surface area contributed by atoms with Crippen LogP contribution in [-0.2, 0) is 44.9 Å². The fraction of sp³-hybridized carbons (Fsp3) is 0.368. The molecule has 6 rings (SSSR count). The zero-order valence-corrected chi connectivity index (χ0v) is 28.4. The molecule has 4 N–H and O–H groups in total. The second-order valence-corrected chi connectivity index (χ2v) is 13.1. The maximum absolute atomic E-state index is 14.1. The van der Waals surface area contributed by atoms with Crippen LogP contribution >= 0.6 is 0 Å². The number of aromatic nitrogens is 2. The Hall–Kier alpha value is -5.52. The number of amides is 5. The number of aromatic amines is 1. The summed E-state index contributed by atoms with van der Waals surface area (Å²) in [5, 5.41) is 9.47. The lowest BCUT2D eigenvalue weighted by molar-refractivity contribution is -0.142. The fourth-order valence-corrected chi connectivity index (χ4v) is 6.68. The lowest BCUT2D eigenvalue weighted by Crippen LogP contribution is -2.57. The summed E-state index contributed by atoms with van der Waals surface area (Å²) in [5.74, 6) is -2.39. The van der Waals surface area contributed by atoms with E-state index in [1.807, 2.05) is 60.7 Å². The van der Waals surface area contributed by atoms with E-state index in [4.69, 9.17) is 0 Å². The molecule has 2 aromatic carbocycles. The molecule has 12 nitrogen and oxygen atoms in total. The minimum atomic E-state index is -1.05. The van der Waals surface area contributed by atoms with Crippen molar-refractivity contribution in [1.29, 1.82) is 0 Å². The molecular weight excluding hydrogens is 634 g/mol. The molecule has 260 valence electrons. The van der Waals surface area contributed by atoms with Gasteiger partial charge in [-0.05, 0) is 61.4 Å². The number of hydrogen-bond donors (Lipinski definition) is 4. The molecule has 0 spiro atoms. The van der Waals surface area contributed by atoms with Gasteiger partial charge in [0.25, 0.3) is 5.91 Å². The van der Waals surface area contributed by atoms with Gasteiger partial charge in [-0.15, -0.1) is 0 Å². The quantitative estimate of drug-likeness (QED) is 0.254. The van der Waals surface area contributed by atoms with Crippen molar-refractivity contribution in [1.82, 2.24) is 35.7 Å². The molecule has 50 heavy (non-hydrogen) atoms. The van der Waals surface area contributed by atoms with Gasteiger partial charge in [0, 0.05) is 62.0 Å². The predicted octanol–water partition coefficient (Wildman–Crippen LogP) is 2.32. The number of hydrogen-bond acceptors (Lipinski definition) is 6. The number of nitrogens with one attached hydrogen (secondary N) is 4. The first-order valence-corrected chi connectivity index (χ1v) is 17.2. The number of H-pyrrole nitrogens is 1. The van der Waals surface area contributed by atoms with E-state index >= 15 is 0 Å². The molecule has 12 heteroatoms. The molecule has 0 bridgehead atoms. The third-order valence-electron chi connectivity index (χ3n) is 9.68. The molecular formula is C38H43N7O5. The zero-order valence-electron chi connectivity index (χ0n) is 28.4. The highest BCUT2D eigenvalue weighted by atomic mass is 16.2. The molecule has 2 aromatic heterocycles. The molecule has 0 unspecified atom stereocenters. The SMILES string of the molecule is C[C@H]1C(=O)N[C@@H](Cc2ccccc2)C(=O)NCCN(C(=O)c2cnc3c(c2)CCCC3)CC(=O)N[C@@H](Cc2c[nH]c3ccccc23)C(=O)N1C. The number of fused-ring (bicyclic) bond motifs is 2. The van der Waals surface area contributed by atoms with Crippen molar-refractivity contribution in [3.63, 3.8) is 0 Å². The molecule has 1 fully saturated rings. The van der Waals surface area contributed by atoms with Crippen LogP contribution in [0.25, 0.3) is 10.9 Å². The Bertz CT molecular complexity index is 1890. The van der Waals surface area contributed by atoms with E-state index in [1.54, 1.807) is 19.3 Å². The third-order valence-corrected chi connectivity index (χ3v) is 9.68. The number of para-hydroxylation sites is 1. The van der Waals surface area contributed by atoms with Gasteiger partial charge in [0.2, 0.25) is 23.6 Å². The summed E-state index contributed by atoms with van der Waals surface area (Å²) in [6.45, 7) is 1.27. The van der Waals surface area contributed by atoms with Crippen LogP contribution in [0.3, 0.4) is 0 Å². The minimum absolute atomic E-state index is 0.0123. The lowest BCUT2D eigenvalue weighted by atomic mass is 9.95. The summed E-state index contributed by atoms with van der Waals surface area (Å²) < 4.78 is 0. The molecule has 0 saturated carbocycles. The van der Waals surface area contributed by atoms with Gasteiger partial charge < -0.3 is 30.7 Å². The number of likely N-dealkylation sites (N-methyl/N-ethyl adjacent to an activating group) is 1. The van der Waals surface area contributed by atoms with E-state index in [-0.39, 0.29) is 32.5 Å². The van der Waals surface area contributed by atoms with Gasteiger partial charge in [-0.3, -0.25) is 29.0 Å². The summed E-state index contributed by atoms with van der Waals surface area (Å²) in [7, 11) is 1.50. The van der Waals surface area contributed by atoms with Crippen molar-refractivity contribution in [2.24, 2.45) is 0 Å². The van der Waals surface area contributed by atoms with Crippen LogP contribution in [0.5, 0.6) is 0 Å². The van der Waals surface area contributed by atoms with Gasteiger partial charge in [0.05, 0.1) is 12.1 Å². The lowest BCUT2D eigenvalue weighted by Gasteiger charge is -2.30. The monoisotopic (exact) mass is 677 g/mol. The molecule has 0 radical (unpaired) electrons. The topological polar surface area (TPSA) is 157 Å². The highest BCUT2D eigenvalue weighted by Crippen LogP contribution is 2.22. The van der Waals surface area contributed by atoms with Crippen LogP contribution < -0.4 is 16.0 Å². The summed E-state index contributed by atoms with van der Waals surface area (Å²) >= 11 is 0. The Kier molecular flexibility index (Phi) is 10.5. The summed E-state index contributed by atoms with van der Waals surface area (Å²) in [6, 6.07) is 15.9. The highest BCUT2D eigenvalue weighted by molar-refractivity contribution is 5.98. The zero-order chi connectivity index (χ0) is 35.2. The Labute approximate surface area is 291 Å². The van der Waals surface area contributed by atoms with Crippen LogP contribution in [0.1, 0.15) is 52.5 Å². The van der Waals surface area contributed by atoms with Gasteiger partial charge >= 0.3 is 0 Å². The molecule has 5 amide bonds. The first-order valence-electron chi connectivity index (χ1n) is 17.2. The van der Waals surface area contributed by atoms with E-state index in [0.29, 0.717) is 5.56 Å². The Morgan fingerprint density at radius 3 is 2.48 bits per heavy atom. The fourth-order valence-electron chi connectivity index (χ4n) is 6.68. The second-order valence-electron chi connectivity index (χ2n) is 13.1. The van der Waals surface area contributed by atoms with Gasteiger partial charge in [-0.1, -0.05) is 48.5 Å². The second kappa shape index (κ2) is 15.4. The van der Waals surface area contributed by atoms with Crippen LogP contribution in [0.15, 0.2) is 73.1 Å². The Balaban J connectivity index is 1.31. The Morgan fingerprint density at radius 2 is 1.66 bits per heavy atom. The predicted molar refractivity (Wildman–Crippen MR) is 188 cm³/mol. The first-order chi connectivity index (χ1) is 24.2. The van der Waals surface area contributed by atoms with E-state index < -0.39 is 47.7 Å². The van der Waals surface area contributed by atoms with Crippen molar-refractivity contribution in [2.75, 3.05) is 26.7 Å². The Morgan fingerprint density at radius 1 is 0.900 bits per heavy atom. The number of benzene rings is 2. The van der Waals surface area contributed by atoms with Gasteiger partial charge in [0.15, 0.2) is 0 Å². The molecule has 3 heterocycles. The van der Waals surface area contributed by atoms with Crippen LogP contribution in [0, 0.1) is 0 Å². The standard InChI is InChI=1S/C38H43N7O5/c1-24-35(47)43-32(18-25-10-4-3-5-11-25)36(48)39-16-17-45(37(49)28-19-26-12-6-8-14-30(26)40-22-28)23-34(46)42-33(38(50)44(24)2)20-27-21-41-31-15-9-7-13-29(27)31/h3-5,7,9-11,13,15,19,21-22,24,32-33,41H,6,8,12,14,16-18,20,23H2,1-2H3,(H,39,48)(H,42,46)(H,43,47)/t24-,32-,33-/m0/s1. The number of carbonyl (C=O) groups is 5. The van der Waals surface area contributed by atoms with Crippen molar-refractivity contribution in [3.05, 3.63) is 101 Å². The van der Waals surface area contributed by atoms with E-state index in [0.717, 1.165) is 59.0 Å². The van der Waals surface area contributed by atoms with E-state index in [9.17, 15) is 24.0 Å². The molecule has 1 saturated heterocycles. The minimum Gasteiger partial charge on any atom is -0.361 e. The number of aryl methyl sites for hydroxylation is 2. The molecule has 1 aliphatic heterocycles. The average molecular weight is 678 g/mol. The van der Waals surface area contributed by atoms with Gasteiger partial charge in [0.1, 0.15) is 18.1 Å². The maximum Gasteiger partial charge on any atom is 0.255 e. The van der Waals surface area contributed by atoms with Crippen molar-refractivity contribution in [3.8, 4) is 0 Å². The molecule has 2 aliphatic rings. The maximum atomic E-state index is 14.1. The highest BCUT2D eigenvalue weighted by Gasteiger charge is 2.33. The van der Waals surface area contributed by atoms with E-state index in [1.165, 1.54) is 16.8 Å². The number of carbonyl (C=O) groups excluding carboxylic acids is 5.